The standard InChI is InChI=1S/C16H12N4O4/c17-9-12-5-2-4-8-15(12)24-11-16(21)19-18-10-13-6-1-3-7-14(13)20(22)23/h1-8,10H,11H2,(H,19,21)/b18-10+. The van der Waals surface area contributed by atoms with Crippen molar-refractivity contribution in [3.63, 3.8) is 0 Å². The quantitative estimate of drug-likeness (QED) is 0.495. The van der Waals surface area contributed by atoms with E-state index in [0.717, 1.165) is 0 Å². The fourth-order valence-electron chi connectivity index (χ4n) is 1.80. The number of nitrogens with one attached hydrogen (secondary N) is 1. The van der Waals surface area contributed by atoms with Crippen molar-refractivity contribution < 1.29 is 14.5 Å². The molecular formula is C16H12N4O4. The van der Waals surface area contributed by atoms with Crippen molar-refractivity contribution in [2.24, 2.45) is 5.10 Å². The summed E-state index contributed by atoms with van der Waals surface area (Å²) in [5.74, 6) is -0.268. The molecule has 2 aromatic rings. The molecule has 8 nitrogen and oxygen atoms in total. The predicted octanol–water partition coefficient (Wildman–Crippen LogP) is 2.00. The number of benzene rings is 2. The number of hydrogen-bond donors (Lipinski definition) is 1. The molecule has 0 saturated heterocycles. The van der Waals surface area contributed by atoms with Gasteiger partial charge in [-0.15, -0.1) is 0 Å². The molecule has 0 aliphatic carbocycles. The number of rotatable bonds is 6. The van der Waals surface area contributed by atoms with Crippen molar-refractivity contribution in [2.75, 3.05) is 6.61 Å². The number of nitriles is 1. The van der Waals surface area contributed by atoms with Crippen molar-refractivity contribution in [3.05, 3.63) is 69.8 Å². The summed E-state index contributed by atoms with van der Waals surface area (Å²) in [6.07, 6.45) is 1.18. The summed E-state index contributed by atoms with van der Waals surface area (Å²) >= 11 is 0. The minimum absolute atomic E-state index is 0.116. The van der Waals surface area contributed by atoms with E-state index < -0.39 is 10.8 Å². The topological polar surface area (TPSA) is 118 Å². The van der Waals surface area contributed by atoms with Gasteiger partial charge in [0, 0.05) is 6.07 Å². The number of para-hydroxylation sites is 2. The second-order valence-electron chi connectivity index (χ2n) is 4.51. The average molecular weight is 324 g/mol. The molecule has 2 aromatic carbocycles. The van der Waals surface area contributed by atoms with E-state index in [1.54, 1.807) is 30.3 Å². The van der Waals surface area contributed by atoms with Gasteiger partial charge in [-0.3, -0.25) is 14.9 Å². The molecule has 0 heterocycles. The summed E-state index contributed by atoms with van der Waals surface area (Å²) in [4.78, 5) is 22.0. The molecular weight excluding hydrogens is 312 g/mol. The monoisotopic (exact) mass is 324 g/mol. The Kier molecular flexibility index (Phi) is 5.58. The fraction of sp³-hybridized carbons (Fsp3) is 0.0625. The number of ether oxygens (including phenoxy) is 1. The van der Waals surface area contributed by atoms with Crippen LogP contribution >= 0.6 is 0 Å². The Bertz CT molecular complexity index is 827. The van der Waals surface area contributed by atoms with Crippen molar-refractivity contribution in [1.82, 2.24) is 5.43 Å². The molecule has 0 aliphatic heterocycles. The lowest BCUT2D eigenvalue weighted by molar-refractivity contribution is -0.385. The van der Waals surface area contributed by atoms with Crippen molar-refractivity contribution in [1.29, 1.82) is 5.26 Å². The van der Waals surface area contributed by atoms with Crippen molar-refractivity contribution >= 4 is 17.8 Å². The molecule has 0 aromatic heterocycles. The molecule has 1 N–H and O–H groups in total. The van der Waals surface area contributed by atoms with Gasteiger partial charge in [-0.1, -0.05) is 24.3 Å². The summed E-state index contributed by atoms with van der Waals surface area (Å²) in [6.45, 7) is -0.340. The van der Waals surface area contributed by atoms with Crippen LogP contribution in [0.5, 0.6) is 5.75 Å². The maximum absolute atomic E-state index is 11.7. The SMILES string of the molecule is N#Cc1ccccc1OCC(=O)N/N=C/c1ccccc1[N+](=O)[O-]. The highest BCUT2D eigenvalue weighted by atomic mass is 16.6. The van der Waals surface area contributed by atoms with Crippen molar-refractivity contribution in [3.8, 4) is 11.8 Å². The molecule has 24 heavy (non-hydrogen) atoms. The molecule has 0 radical (unpaired) electrons. The first kappa shape index (κ1) is 16.6. The van der Waals surface area contributed by atoms with E-state index in [-0.39, 0.29) is 23.6 Å². The summed E-state index contributed by atoms with van der Waals surface area (Å²) in [5.41, 5.74) is 2.67. The first-order valence-electron chi connectivity index (χ1n) is 6.79. The Morgan fingerprint density at radius 3 is 2.75 bits per heavy atom. The van der Waals surface area contributed by atoms with Crippen LogP contribution < -0.4 is 10.2 Å². The zero-order valence-corrected chi connectivity index (χ0v) is 12.4. The normalized spacial score (nSPS) is 10.1. The van der Waals surface area contributed by atoms with E-state index in [0.29, 0.717) is 5.56 Å². The van der Waals surface area contributed by atoms with Crippen LogP contribution in [0.2, 0.25) is 0 Å². The molecule has 0 spiro atoms. The summed E-state index contributed by atoms with van der Waals surface area (Å²) < 4.78 is 5.24. The first-order valence-corrected chi connectivity index (χ1v) is 6.79. The van der Waals surface area contributed by atoms with E-state index in [4.69, 9.17) is 10.00 Å². The third kappa shape index (κ3) is 4.38. The van der Waals surface area contributed by atoms with Gasteiger partial charge < -0.3 is 4.74 Å². The molecule has 0 fully saturated rings. The Labute approximate surface area is 137 Å². The molecule has 120 valence electrons. The summed E-state index contributed by atoms with van der Waals surface area (Å²) in [5, 5.41) is 23.4. The van der Waals surface area contributed by atoms with Crippen LogP contribution in [0.15, 0.2) is 53.6 Å². The van der Waals surface area contributed by atoms with Crippen molar-refractivity contribution in [2.45, 2.75) is 0 Å². The van der Waals surface area contributed by atoms with Gasteiger partial charge in [0.25, 0.3) is 11.6 Å². The van der Waals surface area contributed by atoms with Gasteiger partial charge in [-0.05, 0) is 18.2 Å². The van der Waals surface area contributed by atoms with Gasteiger partial charge in [-0.25, -0.2) is 5.43 Å². The fourth-order valence-corrected chi connectivity index (χ4v) is 1.80. The van der Waals surface area contributed by atoms with E-state index in [9.17, 15) is 14.9 Å². The number of carbonyl (C=O) groups is 1. The van der Waals surface area contributed by atoms with Crippen LogP contribution in [0, 0.1) is 21.4 Å². The number of amides is 1. The van der Waals surface area contributed by atoms with Gasteiger partial charge in [-0.2, -0.15) is 10.4 Å². The lowest BCUT2D eigenvalue weighted by atomic mass is 10.2. The number of nitro groups is 1. The number of nitro benzene ring substituents is 1. The highest BCUT2D eigenvalue weighted by Crippen LogP contribution is 2.16. The smallest absolute Gasteiger partial charge is 0.278 e. The summed E-state index contributed by atoms with van der Waals surface area (Å²) in [7, 11) is 0. The number of hydrogen-bond acceptors (Lipinski definition) is 6. The molecule has 0 unspecified atom stereocenters. The highest BCUT2D eigenvalue weighted by Gasteiger charge is 2.10. The van der Waals surface area contributed by atoms with Crippen LogP contribution in [0.4, 0.5) is 5.69 Å². The Hall–Kier alpha value is -3.73. The maximum Gasteiger partial charge on any atom is 0.278 e. The van der Waals surface area contributed by atoms with Crippen LogP contribution in [-0.4, -0.2) is 23.7 Å². The third-order valence-corrected chi connectivity index (χ3v) is 2.89. The first-order chi connectivity index (χ1) is 11.6. The van der Waals surface area contributed by atoms with Gasteiger partial charge >= 0.3 is 0 Å². The van der Waals surface area contributed by atoms with Gasteiger partial charge in [0.15, 0.2) is 6.61 Å². The van der Waals surface area contributed by atoms with Crippen LogP contribution in [-0.2, 0) is 4.79 Å². The summed E-state index contributed by atoms with van der Waals surface area (Å²) in [6, 6.07) is 14.5. The van der Waals surface area contributed by atoms with Gasteiger partial charge in [0.2, 0.25) is 0 Å². The Morgan fingerprint density at radius 2 is 2.00 bits per heavy atom. The second kappa shape index (κ2) is 8.05. The van der Waals surface area contributed by atoms with Crippen LogP contribution in [0.1, 0.15) is 11.1 Å². The molecule has 0 saturated carbocycles. The zero-order valence-electron chi connectivity index (χ0n) is 12.4. The Balaban J connectivity index is 1.92. The molecule has 0 bridgehead atoms. The number of carbonyl (C=O) groups excluding carboxylic acids is 1. The van der Waals surface area contributed by atoms with Gasteiger partial charge in [0.05, 0.1) is 22.3 Å². The lowest BCUT2D eigenvalue weighted by Gasteiger charge is -2.06. The number of nitrogens with zero attached hydrogens (tertiary/aromatic N) is 3. The predicted molar refractivity (Wildman–Crippen MR) is 85.5 cm³/mol. The minimum atomic E-state index is -0.558. The van der Waals surface area contributed by atoms with E-state index >= 15 is 0 Å². The minimum Gasteiger partial charge on any atom is -0.482 e. The number of hydrazone groups is 1. The highest BCUT2D eigenvalue weighted by molar-refractivity contribution is 5.86. The average Bonchev–Trinajstić information content (AvgIpc) is 2.60. The van der Waals surface area contributed by atoms with Crippen LogP contribution in [0.3, 0.4) is 0 Å². The second-order valence-corrected chi connectivity index (χ2v) is 4.51. The Morgan fingerprint density at radius 1 is 1.29 bits per heavy atom. The molecule has 8 heteroatoms. The van der Waals surface area contributed by atoms with Gasteiger partial charge in [0.1, 0.15) is 11.8 Å². The maximum atomic E-state index is 11.7. The van der Waals surface area contributed by atoms with E-state index in [1.165, 1.54) is 24.4 Å². The molecule has 1 amide bonds. The van der Waals surface area contributed by atoms with E-state index in [1.807, 2.05) is 6.07 Å². The molecule has 0 atom stereocenters. The lowest BCUT2D eigenvalue weighted by Crippen LogP contribution is -2.24. The zero-order chi connectivity index (χ0) is 17.4. The van der Waals surface area contributed by atoms with Crippen LogP contribution in [0.25, 0.3) is 0 Å². The van der Waals surface area contributed by atoms with E-state index in [2.05, 4.69) is 10.5 Å². The largest absolute Gasteiger partial charge is 0.482 e. The third-order valence-electron chi connectivity index (χ3n) is 2.89. The molecule has 2 rings (SSSR count). The molecule has 0 aliphatic rings.